The number of nitrogens with one attached hydrogen (secondary N) is 1. The van der Waals surface area contributed by atoms with Gasteiger partial charge in [-0.25, -0.2) is 4.98 Å². The molecule has 39 heavy (non-hydrogen) atoms. The van der Waals surface area contributed by atoms with Gasteiger partial charge in [0.25, 0.3) is 5.56 Å². The molecule has 2 aromatic heterocycles. The fourth-order valence-corrected chi connectivity index (χ4v) is 6.18. The fourth-order valence-electron chi connectivity index (χ4n) is 5.10. The second-order valence-electron chi connectivity index (χ2n) is 10.4. The molecule has 0 saturated heterocycles. The van der Waals surface area contributed by atoms with Crippen LogP contribution in [0, 0.1) is 11.8 Å². The first kappa shape index (κ1) is 27.8. The van der Waals surface area contributed by atoms with Gasteiger partial charge >= 0.3 is 19.5 Å². The van der Waals surface area contributed by atoms with Crippen LogP contribution in [-0.4, -0.2) is 57.0 Å². The van der Waals surface area contributed by atoms with Crippen molar-refractivity contribution in [2.45, 2.75) is 76.4 Å². The van der Waals surface area contributed by atoms with Gasteiger partial charge in [0.05, 0.1) is 30.3 Å². The van der Waals surface area contributed by atoms with E-state index in [2.05, 4.69) is 15.0 Å². The number of rotatable bonds is 13. The van der Waals surface area contributed by atoms with Crippen LogP contribution >= 0.6 is 7.60 Å². The molecular formula is C24H34N5O9P. The van der Waals surface area contributed by atoms with Crippen molar-refractivity contribution in [1.29, 1.82) is 0 Å². The fraction of sp³-hybridized carbons (Fsp3) is 0.708. The molecule has 0 amide bonds. The largest absolute Gasteiger partial charge is 0.438 e. The number of carbonyl (C=O) groups is 2. The zero-order chi connectivity index (χ0) is 27.5. The molecule has 214 valence electrons. The Hall–Kier alpha value is -2.80. The molecule has 5 rings (SSSR count). The van der Waals surface area contributed by atoms with E-state index >= 15 is 0 Å². The quantitative estimate of drug-likeness (QED) is 0.205. The smallest absolute Gasteiger partial charge is 0.361 e. The molecule has 3 aliphatic rings. The van der Waals surface area contributed by atoms with Crippen LogP contribution in [0.4, 0.5) is 5.95 Å². The van der Waals surface area contributed by atoms with E-state index in [0.29, 0.717) is 18.5 Å². The van der Waals surface area contributed by atoms with Gasteiger partial charge in [-0.15, -0.1) is 0 Å². The second kappa shape index (κ2) is 11.7. The van der Waals surface area contributed by atoms with E-state index in [-0.39, 0.29) is 29.8 Å². The summed E-state index contributed by atoms with van der Waals surface area (Å²) in [5.41, 5.74) is 4.95. The van der Waals surface area contributed by atoms with E-state index < -0.39 is 50.6 Å². The van der Waals surface area contributed by atoms with Crippen LogP contribution in [0.25, 0.3) is 11.2 Å². The monoisotopic (exact) mass is 567 g/mol. The molecule has 0 aliphatic heterocycles. The van der Waals surface area contributed by atoms with E-state index in [0.717, 1.165) is 51.4 Å². The van der Waals surface area contributed by atoms with Gasteiger partial charge in [0.2, 0.25) is 19.5 Å². The Balaban J connectivity index is 1.20. The van der Waals surface area contributed by atoms with Crippen molar-refractivity contribution < 1.29 is 37.4 Å². The molecule has 14 nitrogen and oxygen atoms in total. The molecule has 0 unspecified atom stereocenters. The molecule has 2 heterocycles. The lowest BCUT2D eigenvalue weighted by Gasteiger charge is -2.23. The Morgan fingerprint density at radius 2 is 1.59 bits per heavy atom. The van der Waals surface area contributed by atoms with E-state index in [1.165, 1.54) is 6.33 Å². The average molecular weight is 568 g/mol. The van der Waals surface area contributed by atoms with Gasteiger partial charge in [0.1, 0.15) is 6.35 Å². The van der Waals surface area contributed by atoms with Crippen molar-refractivity contribution in [1.82, 2.24) is 19.5 Å². The minimum Gasteiger partial charge on any atom is -0.438 e. The first-order chi connectivity index (χ1) is 18.8. The number of nitrogens with two attached hydrogens (primary N) is 1. The summed E-state index contributed by atoms with van der Waals surface area (Å²) in [7, 11) is -4.00. The van der Waals surface area contributed by atoms with Gasteiger partial charge in [0.15, 0.2) is 11.2 Å². The maximum absolute atomic E-state index is 13.6. The van der Waals surface area contributed by atoms with Crippen molar-refractivity contribution in [3.8, 4) is 0 Å². The van der Waals surface area contributed by atoms with Gasteiger partial charge in [-0.2, -0.15) is 4.98 Å². The van der Waals surface area contributed by atoms with Crippen molar-refractivity contribution in [3.05, 3.63) is 16.7 Å². The second-order valence-corrected chi connectivity index (χ2v) is 12.4. The maximum Gasteiger partial charge on any atom is 0.361 e. The van der Waals surface area contributed by atoms with Gasteiger partial charge < -0.3 is 24.5 Å². The van der Waals surface area contributed by atoms with Gasteiger partial charge in [-0.1, -0.05) is 25.7 Å². The predicted octanol–water partition coefficient (Wildman–Crippen LogP) is 2.82. The lowest BCUT2D eigenvalue weighted by molar-refractivity contribution is -0.157. The number of H-pyrrole nitrogens is 1. The summed E-state index contributed by atoms with van der Waals surface area (Å²) in [6, 6.07) is 0. The third kappa shape index (κ3) is 6.86. The molecule has 0 radical (unpaired) electrons. The molecule has 0 atom stereocenters. The van der Waals surface area contributed by atoms with Gasteiger partial charge in [0, 0.05) is 0 Å². The zero-order valence-electron chi connectivity index (χ0n) is 21.7. The molecule has 3 fully saturated rings. The van der Waals surface area contributed by atoms with E-state index in [9.17, 15) is 18.9 Å². The number of nitrogen functional groups attached to an aromatic ring is 1. The van der Waals surface area contributed by atoms with Crippen LogP contribution in [-0.2, 0) is 44.0 Å². The molecule has 0 aromatic carbocycles. The number of imidazole rings is 1. The summed E-state index contributed by atoms with van der Waals surface area (Å²) in [5.74, 6) is -1.22. The van der Waals surface area contributed by atoms with Crippen LogP contribution in [0.15, 0.2) is 11.1 Å². The van der Waals surface area contributed by atoms with Crippen LogP contribution in [0.1, 0.15) is 64.2 Å². The Labute approximate surface area is 224 Å². The average Bonchev–Trinajstić information content (AvgIpc) is 3.36. The number of hydrogen-bond donors (Lipinski definition) is 2. The number of anilines is 1. The summed E-state index contributed by atoms with van der Waals surface area (Å²) in [6.45, 7) is -0.873. The number of nitrogens with zero attached hydrogens (tertiary/aromatic N) is 3. The number of carbonyl (C=O) groups excluding carboxylic acids is 2. The van der Waals surface area contributed by atoms with Crippen molar-refractivity contribution in [2.75, 3.05) is 25.7 Å². The number of aromatic nitrogens is 4. The number of fused-ring (bicyclic) bond motifs is 1. The molecule has 3 saturated carbocycles. The molecule has 15 heteroatoms. The minimum atomic E-state index is -4.00. The summed E-state index contributed by atoms with van der Waals surface area (Å²) in [5, 5.41) is 0. The molecular weight excluding hydrogens is 533 g/mol. The molecule has 3 N–H and O–H groups in total. The number of hydrogen-bond acceptors (Lipinski definition) is 12. The first-order valence-corrected chi connectivity index (χ1v) is 15.0. The van der Waals surface area contributed by atoms with E-state index in [1.54, 1.807) is 4.57 Å². The van der Waals surface area contributed by atoms with Crippen molar-refractivity contribution >= 4 is 36.6 Å². The lowest BCUT2D eigenvalue weighted by atomic mass is 10.1. The number of ether oxygens (including phenoxy) is 3. The number of aromatic amines is 1. The normalized spacial score (nSPS) is 19.5. The lowest BCUT2D eigenvalue weighted by Crippen LogP contribution is -2.24. The molecule has 2 aromatic rings. The minimum absolute atomic E-state index is 0.0365. The van der Waals surface area contributed by atoms with E-state index in [1.807, 2.05) is 0 Å². The first-order valence-electron chi connectivity index (χ1n) is 13.3. The van der Waals surface area contributed by atoms with Gasteiger partial charge in [-0.05, 0) is 38.5 Å². The highest BCUT2D eigenvalue weighted by Gasteiger charge is 2.47. The molecule has 0 spiro atoms. The van der Waals surface area contributed by atoms with Crippen molar-refractivity contribution in [3.63, 3.8) is 0 Å². The summed E-state index contributed by atoms with van der Waals surface area (Å²) in [4.78, 5) is 47.3. The third-order valence-electron chi connectivity index (χ3n) is 7.57. The van der Waals surface area contributed by atoms with Crippen LogP contribution in [0.3, 0.4) is 0 Å². The summed E-state index contributed by atoms with van der Waals surface area (Å²) in [6.07, 6.45) is 9.16. The van der Waals surface area contributed by atoms with Gasteiger partial charge in [-0.3, -0.25) is 33.0 Å². The maximum atomic E-state index is 13.6. The Morgan fingerprint density at radius 3 is 2.13 bits per heavy atom. The van der Waals surface area contributed by atoms with Crippen LogP contribution in [0.2, 0.25) is 0 Å². The van der Waals surface area contributed by atoms with E-state index in [4.69, 9.17) is 29.0 Å². The zero-order valence-corrected chi connectivity index (χ0v) is 22.6. The Bertz CT molecular complexity index is 1260. The number of esters is 2. The van der Waals surface area contributed by atoms with Crippen molar-refractivity contribution in [2.24, 2.45) is 11.8 Å². The highest BCUT2D eigenvalue weighted by atomic mass is 31.2. The van der Waals surface area contributed by atoms with Crippen LogP contribution < -0.4 is 11.3 Å². The molecule has 3 aliphatic carbocycles. The molecule has 0 bridgehead atoms. The standard InChI is InChI=1S/C24H34N5O9P/c25-23-27-19-18(20(30)28-23)26-12-29(19)11-24(9-10-24)36-15-39(33,37-13-34-21(31)16-5-1-2-6-16)38-14-35-22(32)17-7-3-4-8-17/h12,16-17H,1-11,13-15H2,(H3,25,27,28,30). The summed E-state index contributed by atoms with van der Waals surface area (Å²) < 4.78 is 42.4. The summed E-state index contributed by atoms with van der Waals surface area (Å²) >= 11 is 0. The highest BCUT2D eigenvalue weighted by molar-refractivity contribution is 7.53. The topological polar surface area (TPSA) is 187 Å². The predicted molar refractivity (Wildman–Crippen MR) is 136 cm³/mol. The third-order valence-corrected chi connectivity index (χ3v) is 9.01. The Morgan fingerprint density at radius 1 is 1.03 bits per heavy atom. The highest BCUT2D eigenvalue weighted by Crippen LogP contribution is 2.52. The SMILES string of the molecule is Nc1nc2c(ncn2CC2(OCP(=O)(OCOC(=O)C3CCCC3)OCOC(=O)C3CCCC3)CC2)c(=O)[nH]1. The van der Waals surface area contributed by atoms with Crippen LogP contribution in [0.5, 0.6) is 0 Å². The Kier molecular flexibility index (Phi) is 8.36.